The minimum atomic E-state index is -1.76. The Hall–Kier alpha value is -0.980. The average molecular weight is 464 g/mol. The van der Waals surface area contributed by atoms with Gasteiger partial charge in [0.1, 0.15) is 0 Å². The molecule has 0 aliphatic heterocycles. The standard InChI is InChI=1S/2C12H13.C2H6Si.Zr/c2*1-2-5-10-6-3-7-11-8-4-9-12(10)11;1-3-2;/h2*3-4,6-9H,2,5H2,1H3;1-2H3;. The van der Waals surface area contributed by atoms with Crippen LogP contribution in [-0.4, -0.2) is 5.43 Å². The SMILES string of the molecule is CCCc1cccc2c1C=C[CH]2[Zr]([CH]1C=Cc2c(CCC)cccc21)=[Si](C)C. The maximum atomic E-state index is 2.61. The molecule has 0 N–H and O–H groups in total. The molecule has 0 amide bonds. The summed E-state index contributed by atoms with van der Waals surface area (Å²) in [4.78, 5) is 0. The van der Waals surface area contributed by atoms with Gasteiger partial charge in [-0.2, -0.15) is 0 Å². The molecule has 2 aliphatic carbocycles. The molecule has 0 aromatic heterocycles. The van der Waals surface area contributed by atoms with Crippen molar-refractivity contribution >= 4 is 17.6 Å². The molecule has 0 heterocycles. The van der Waals surface area contributed by atoms with Crippen molar-refractivity contribution in [2.75, 3.05) is 0 Å². The molecule has 0 bridgehead atoms. The van der Waals surface area contributed by atoms with Gasteiger partial charge in [-0.15, -0.1) is 0 Å². The van der Waals surface area contributed by atoms with Crippen LogP contribution in [-0.2, 0) is 33.2 Å². The Kier molecular flexibility index (Phi) is 6.38. The fraction of sp³-hybridized carbons (Fsp3) is 0.385. The van der Waals surface area contributed by atoms with Crippen LogP contribution in [0.25, 0.3) is 12.2 Å². The second kappa shape index (κ2) is 8.80. The van der Waals surface area contributed by atoms with E-state index in [1.165, 1.54) is 25.7 Å². The number of aryl methyl sites for hydroxylation is 2. The quantitative estimate of drug-likeness (QED) is 0.394. The van der Waals surface area contributed by atoms with Crippen LogP contribution < -0.4 is 0 Å². The Balaban J connectivity index is 1.76. The third kappa shape index (κ3) is 3.63. The Morgan fingerprint density at radius 3 is 1.61 bits per heavy atom. The second-order valence-corrected chi connectivity index (χ2v) is 26.6. The Labute approximate surface area is 179 Å². The molecule has 2 heteroatoms. The Morgan fingerprint density at radius 2 is 1.21 bits per heavy atom. The predicted octanol–water partition coefficient (Wildman–Crippen LogP) is 7.30. The molecular weight excluding hydrogens is 432 g/mol. The van der Waals surface area contributed by atoms with E-state index in [0.29, 0.717) is 0 Å². The van der Waals surface area contributed by atoms with E-state index in [-0.39, 0.29) is 5.43 Å². The van der Waals surface area contributed by atoms with Gasteiger partial charge in [0.2, 0.25) is 0 Å². The number of fused-ring (bicyclic) bond motifs is 2. The molecule has 2 unspecified atom stereocenters. The predicted molar refractivity (Wildman–Crippen MR) is 122 cm³/mol. The Morgan fingerprint density at radius 1 is 0.750 bits per heavy atom. The van der Waals surface area contributed by atoms with Gasteiger partial charge in [-0.25, -0.2) is 0 Å². The van der Waals surface area contributed by atoms with Crippen molar-refractivity contribution < 1.29 is 20.4 Å². The molecule has 2 aliphatic rings. The van der Waals surface area contributed by atoms with Crippen LogP contribution in [0.5, 0.6) is 0 Å². The molecule has 0 spiro atoms. The molecule has 4 rings (SSSR count). The van der Waals surface area contributed by atoms with Crippen molar-refractivity contribution in [2.45, 2.75) is 59.9 Å². The number of benzene rings is 2. The van der Waals surface area contributed by atoms with Crippen LogP contribution in [0.1, 0.15) is 67.3 Å². The average Bonchev–Trinajstić information content (AvgIpc) is 3.29. The van der Waals surface area contributed by atoms with Gasteiger partial charge in [0.15, 0.2) is 0 Å². The summed E-state index contributed by atoms with van der Waals surface area (Å²) in [5.74, 6) is 0. The van der Waals surface area contributed by atoms with Gasteiger partial charge in [-0.1, -0.05) is 0 Å². The minimum absolute atomic E-state index is 0.277. The topological polar surface area (TPSA) is 0 Å². The van der Waals surface area contributed by atoms with E-state index in [4.69, 9.17) is 0 Å². The molecule has 2 aromatic carbocycles. The van der Waals surface area contributed by atoms with Crippen LogP contribution in [0.3, 0.4) is 0 Å². The molecular formula is C26H32SiZr. The first-order valence-electron chi connectivity index (χ1n) is 10.9. The first kappa shape index (κ1) is 20.3. The van der Waals surface area contributed by atoms with E-state index >= 15 is 0 Å². The fourth-order valence-corrected chi connectivity index (χ4v) is 23.9. The first-order valence-corrected chi connectivity index (χ1v) is 20.0. The van der Waals surface area contributed by atoms with E-state index in [2.05, 4.69) is 87.6 Å². The molecule has 0 saturated heterocycles. The third-order valence-corrected chi connectivity index (χ3v) is 25.4. The molecule has 144 valence electrons. The van der Waals surface area contributed by atoms with Crippen LogP contribution >= 0.6 is 0 Å². The number of hydrogen-bond acceptors (Lipinski definition) is 0. The van der Waals surface area contributed by atoms with Gasteiger partial charge in [0.05, 0.1) is 0 Å². The van der Waals surface area contributed by atoms with Crippen molar-refractivity contribution in [2.24, 2.45) is 0 Å². The molecule has 2 atom stereocenters. The summed E-state index contributed by atoms with van der Waals surface area (Å²) in [6.07, 6.45) is 15.1. The van der Waals surface area contributed by atoms with E-state index in [1.807, 2.05) is 0 Å². The van der Waals surface area contributed by atoms with E-state index in [9.17, 15) is 0 Å². The number of allylic oxidation sites excluding steroid dienone is 2. The van der Waals surface area contributed by atoms with E-state index in [1.54, 1.807) is 33.4 Å². The number of hydrogen-bond donors (Lipinski definition) is 0. The molecule has 0 saturated carbocycles. The molecule has 0 fully saturated rings. The summed E-state index contributed by atoms with van der Waals surface area (Å²) in [6.45, 7) is 9.79. The summed E-state index contributed by atoms with van der Waals surface area (Å²) in [7, 11) is 0. The second-order valence-electron chi connectivity index (χ2n) is 8.47. The molecule has 28 heavy (non-hydrogen) atoms. The molecule has 2 aromatic rings. The monoisotopic (exact) mass is 462 g/mol. The fourth-order valence-electron chi connectivity index (χ4n) is 5.14. The van der Waals surface area contributed by atoms with Gasteiger partial charge in [0, 0.05) is 0 Å². The zero-order valence-corrected chi connectivity index (χ0v) is 21.2. The van der Waals surface area contributed by atoms with Crippen LogP contribution in [0, 0.1) is 0 Å². The first-order chi connectivity index (χ1) is 13.7. The summed E-state index contributed by atoms with van der Waals surface area (Å²) in [5.41, 5.74) is 9.32. The third-order valence-electron chi connectivity index (χ3n) is 6.33. The summed E-state index contributed by atoms with van der Waals surface area (Å²) in [6, 6.07) is 14.2. The van der Waals surface area contributed by atoms with Crippen LogP contribution in [0.2, 0.25) is 13.1 Å². The summed E-state index contributed by atoms with van der Waals surface area (Å²) >= 11 is -1.76. The van der Waals surface area contributed by atoms with E-state index < -0.39 is 20.4 Å². The number of rotatable bonds is 6. The van der Waals surface area contributed by atoms with E-state index in [0.717, 1.165) is 7.25 Å². The van der Waals surface area contributed by atoms with Crippen molar-refractivity contribution in [3.8, 4) is 0 Å². The zero-order valence-electron chi connectivity index (χ0n) is 17.8. The summed E-state index contributed by atoms with van der Waals surface area (Å²) < 4.78 is 1.52. The van der Waals surface area contributed by atoms with Crippen molar-refractivity contribution in [1.29, 1.82) is 0 Å². The summed E-state index contributed by atoms with van der Waals surface area (Å²) in [5, 5.41) is 0. The normalized spacial score (nSPS) is 19.0. The van der Waals surface area contributed by atoms with Gasteiger partial charge in [-0.3, -0.25) is 0 Å². The van der Waals surface area contributed by atoms with Crippen molar-refractivity contribution in [3.63, 3.8) is 0 Å². The van der Waals surface area contributed by atoms with Crippen molar-refractivity contribution in [3.05, 3.63) is 81.9 Å². The van der Waals surface area contributed by atoms with Gasteiger partial charge < -0.3 is 0 Å². The van der Waals surface area contributed by atoms with Crippen LogP contribution in [0.4, 0.5) is 0 Å². The van der Waals surface area contributed by atoms with Gasteiger partial charge in [-0.05, 0) is 0 Å². The Bertz CT molecular complexity index is 902. The zero-order chi connectivity index (χ0) is 19.7. The van der Waals surface area contributed by atoms with Crippen molar-refractivity contribution in [1.82, 2.24) is 0 Å². The van der Waals surface area contributed by atoms with Gasteiger partial charge >= 0.3 is 180 Å². The molecule has 0 radical (unpaired) electrons. The maximum absolute atomic E-state index is 2.61. The van der Waals surface area contributed by atoms with Gasteiger partial charge in [0.25, 0.3) is 0 Å². The molecule has 0 nitrogen and oxygen atoms in total. The van der Waals surface area contributed by atoms with Crippen LogP contribution in [0.15, 0.2) is 48.6 Å².